The summed E-state index contributed by atoms with van der Waals surface area (Å²) in [6, 6.07) is 4.09. The van der Waals surface area contributed by atoms with E-state index >= 15 is 0 Å². The van der Waals surface area contributed by atoms with E-state index in [9.17, 15) is 4.79 Å². The number of likely N-dealkylation sites (N-methyl/N-ethyl adjacent to an activating group) is 1. The lowest BCUT2D eigenvalue weighted by atomic mass is 10.1. The number of amides is 1. The van der Waals surface area contributed by atoms with Crippen LogP contribution in [-0.2, 0) is 0 Å². The zero-order valence-corrected chi connectivity index (χ0v) is 15.0. The van der Waals surface area contributed by atoms with Crippen LogP contribution in [0, 0.1) is 13.8 Å². The molecule has 0 aromatic carbocycles. The minimum Gasteiger partial charge on any atom is -0.347 e. The smallest absolute Gasteiger partial charge is 0.291 e. The molecule has 3 rings (SSSR count). The molecule has 1 N–H and O–H groups in total. The van der Waals surface area contributed by atoms with Crippen molar-refractivity contribution >= 4 is 23.0 Å². The van der Waals surface area contributed by atoms with Gasteiger partial charge in [-0.05, 0) is 56.4 Å². The Morgan fingerprint density at radius 1 is 1.38 bits per heavy atom. The quantitative estimate of drug-likeness (QED) is 0.764. The molecule has 0 fully saturated rings. The molecule has 1 amide bonds. The molecule has 0 aliphatic rings. The second kappa shape index (κ2) is 6.66. The number of nitrogens with one attached hydrogen (secondary N) is 1. The Hall–Kier alpha value is -2.32. The number of aromatic nitrogens is 4. The predicted octanol–water partition coefficient (Wildman–Crippen LogP) is 1.84. The first kappa shape index (κ1) is 16.5. The van der Waals surface area contributed by atoms with Gasteiger partial charge in [-0.25, -0.2) is 9.50 Å². The first-order valence-corrected chi connectivity index (χ1v) is 8.57. The van der Waals surface area contributed by atoms with Gasteiger partial charge in [0.1, 0.15) is 0 Å². The fourth-order valence-electron chi connectivity index (χ4n) is 2.59. The Morgan fingerprint density at radius 2 is 2.17 bits per heavy atom. The molecule has 1 atom stereocenters. The summed E-state index contributed by atoms with van der Waals surface area (Å²) in [4.78, 5) is 23.0. The molecule has 24 heavy (non-hydrogen) atoms. The summed E-state index contributed by atoms with van der Waals surface area (Å²) in [6.07, 6.45) is 0. The highest BCUT2D eigenvalue weighted by Gasteiger charge is 2.19. The topological polar surface area (TPSA) is 75.4 Å². The standard InChI is InChI=1S/C16H20N6OS/c1-10-7-11(2)22-16(18-10)19-14(20-22)15(23)17-8-13(21(3)4)12-5-6-24-9-12/h5-7,9,13H,8H2,1-4H3,(H,17,23)/t13-/m1/s1. The second-order valence-corrected chi connectivity index (χ2v) is 6.71. The fraction of sp³-hybridized carbons (Fsp3) is 0.375. The van der Waals surface area contributed by atoms with Crippen LogP contribution < -0.4 is 5.32 Å². The number of thiophene rings is 1. The third kappa shape index (κ3) is 3.29. The zero-order valence-electron chi connectivity index (χ0n) is 14.1. The summed E-state index contributed by atoms with van der Waals surface area (Å²) in [5.41, 5.74) is 2.93. The SMILES string of the molecule is Cc1cc(C)n2nc(C(=O)NC[C@H](c3ccsc3)N(C)C)nc2n1. The third-order valence-electron chi connectivity index (χ3n) is 3.83. The lowest BCUT2D eigenvalue weighted by Crippen LogP contribution is -2.34. The summed E-state index contributed by atoms with van der Waals surface area (Å²) in [5.74, 6) is 0.290. The molecule has 3 heterocycles. The van der Waals surface area contributed by atoms with E-state index in [4.69, 9.17) is 0 Å². The minimum atomic E-state index is -0.292. The molecule has 0 saturated carbocycles. The average molecular weight is 344 g/mol. The van der Waals surface area contributed by atoms with Crippen molar-refractivity contribution in [2.24, 2.45) is 0 Å². The second-order valence-electron chi connectivity index (χ2n) is 5.93. The Morgan fingerprint density at radius 3 is 2.83 bits per heavy atom. The molecule has 0 radical (unpaired) electrons. The molecule has 3 aromatic rings. The highest BCUT2D eigenvalue weighted by molar-refractivity contribution is 7.07. The van der Waals surface area contributed by atoms with Crippen LogP contribution in [0.1, 0.15) is 33.6 Å². The average Bonchev–Trinajstić information content (AvgIpc) is 3.16. The molecule has 0 aliphatic carbocycles. The highest BCUT2D eigenvalue weighted by atomic mass is 32.1. The van der Waals surface area contributed by atoms with Crippen LogP contribution in [0.2, 0.25) is 0 Å². The van der Waals surface area contributed by atoms with E-state index in [2.05, 4.69) is 36.7 Å². The Bertz CT molecular complexity index is 855. The maximum atomic E-state index is 12.4. The van der Waals surface area contributed by atoms with Crippen LogP contribution in [0.15, 0.2) is 22.9 Å². The molecule has 126 valence electrons. The monoisotopic (exact) mass is 344 g/mol. The van der Waals surface area contributed by atoms with E-state index in [1.165, 1.54) is 5.56 Å². The normalized spacial score (nSPS) is 12.7. The van der Waals surface area contributed by atoms with E-state index in [1.807, 2.05) is 39.4 Å². The maximum Gasteiger partial charge on any atom is 0.291 e. The van der Waals surface area contributed by atoms with Crippen LogP contribution in [0.5, 0.6) is 0 Å². The van der Waals surface area contributed by atoms with E-state index in [0.717, 1.165) is 11.4 Å². The molecule has 0 aliphatic heterocycles. The van der Waals surface area contributed by atoms with E-state index in [1.54, 1.807) is 15.9 Å². The van der Waals surface area contributed by atoms with Gasteiger partial charge in [-0.1, -0.05) is 0 Å². The van der Waals surface area contributed by atoms with Gasteiger partial charge in [0, 0.05) is 17.9 Å². The van der Waals surface area contributed by atoms with Gasteiger partial charge in [0.25, 0.3) is 11.7 Å². The third-order valence-corrected chi connectivity index (χ3v) is 4.53. The van der Waals surface area contributed by atoms with Crippen molar-refractivity contribution in [3.63, 3.8) is 0 Å². The minimum absolute atomic E-state index is 0.110. The fourth-order valence-corrected chi connectivity index (χ4v) is 3.30. The van der Waals surface area contributed by atoms with Gasteiger partial charge in [-0.2, -0.15) is 16.3 Å². The Kier molecular flexibility index (Phi) is 4.59. The van der Waals surface area contributed by atoms with Crippen molar-refractivity contribution in [2.75, 3.05) is 20.6 Å². The first-order chi connectivity index (χ1) is 11.5. The van der Waals surface area contributed by atoms with Crippen LogP contribution in [0.4, 0.5) is 0 Å². The van der Waals surface area contributed by atoms with Crippen molar-refractivity contribution in [2.45, 2.75) is 19.9 Å². The molecule has 0 bridgehead atoms. The highest BCUT2D eigenvalue weighted by Crippen LogP contribution is 2.20. The number of hydrogen-bond acceptors (Lipinski definition) is 6. The largest absolute Gasteiger partial charge is 0.347 e. The van der Waals surface area contributed by atoms with Gasteiger partial charge in [0.15, 0.2) is 0 Å². The number of nitrogens with zero attached hydrogens (tertiary/aromatic N) is 5. The molecular formula is C16H20N6OS. The van der Waals surface area contributed by atoms with Crippen LogP contribution >= 0.6 is 11.3 Å². The lowest BCUT2D eigenvalue weighted by molar-refractivity contribution is 0.0932. The van der Waals surface area contributed by atoms with Crippen molar-refractivity contribution in [1.82, 2.24) is 29.8 Å². The van der Waals surface area contributed by atoms with Crippen molar-refractivity contribution in [3.8, 4) is 0 Å². The van der Waals surface area contributed by atoms with Crippen LogP contribution in [-0.4, -0.2) is 51.0 Å². The molecule has 7 nitrogen and oxygen atoms in total. The Balaban J connectivity index is 1.76. The number of carbonyl (C=O) groups is 1. The number of carbonyl (C=O) groups excluding carboxylic acids is 1. The summed E-state index contributed by atoms with van der Waals surface area (Å²) >= 11 is 1.65. The van der Waals surface area contributed by atoms with Gasteiger partial charge >= 0.3 is 0 Å². The molecule has 0 spiro atoms. The van der Waals surface area contributed by atoms with E-state index < -0.39 is 0 Å². The zero-order chi connectivity index (χ0) is 17.3. The van der Waals surface area contributed by atoms with Gasteiger partial charge in [0.05, 0.1) is 6.04 Å². The predicted molar refractivity (Wildman–Crippen MR) is 93.3 cm³/mol. The molecule has 8 heteroatoms. The number of hydrogen-bond donors (Lipinski definition) is 1. The Labute approximate surface area is 144 Å². The first-order valence-electron chi connectivity index (χ1n) is 7.63. The van der Waals surface area contributed by atoms with Crippen LogP contribution in [0.3, 0.4) is 0 Å². The van der Waals surface area contributed by atoms with Crippen LogP contribution in [0.25, 0.3) is 5.78 Å². The molecule has 0 saturated heterocycles. The van der Waals surface area contributed by atoms with Gasteiger partial charge in [-0.3, -0.25) is 4.79 Å². The summed E-state index contributed by atoms with van der Waals surface area (Å²) in [5, 5.41) is 11.3. The number of aryl methyl sites for hydroxylation is 2. The van der Waals surface area contributed by atoms with Crippen molar-refractivity contribution in [3.05, 3.63) is 45.7 Å². The summed E-state index contributed by atoms with van der Waals surface area (Å²) in [6.45, 7) is 4.30. The lowest BCUT2D eigenvalue weighted by Gasteiger charge is -2.23. The van der Waals surface area contributed by atoms with Gasteiger partial charge in [-0.15, -0.1) is 5.10 Å². The summed E-state index contributed by atoms with van der Waals surface area (Å²) in [7, 11) is 3.99. The number of fused-ring (bicyclic) bond motifs is 1. The van der Waals surface area contributed by atoms with E-state index in [-0.39, 0.29) is 17.8 Å². The molecule has 0 unspecified atom stereocenters. The van der Waals surface area contributed by atoms with Gasteiger partial charge < -0.3 is 10.2 Å². The number of rotatable bonds is 5. The van der Waals surface area contributed by atoms with Crippen molar-refractivity contribution in [1.29, 1.82) is 0 Å². The van der Waals surface area contributed by atoms with E-state index in [0.29, 0.717) is 12.3 Å². The summed E-state index contributed by atoms with van der Waals surface area (Å²) < 4.78 is 1.59. The molecule has 3 aromatic heterocycles. The van der Waals surface area contributed by atoms with Gasteiger partial charge in [0.2, 0.25) is 5.82 Å². The van der Waals surface area contributed by atoms with Crippen molar-refractivity contribution < 1.29 is 4.79 Å². The maximum absolute atomic E-state index is 12.4. The molecular weight excluding hydrogens is 324 g/mol.